The van der Waals surface area contributed by atoms with Crippen molar-refractivity contribution >= 4 is 143 Å². The largest absolute Gasteiger partial charge is 0.381 e. The molecule has 0 aromatic carbocycles. The predicted octanol–water partition coefficient (Wildman–Crippen LogP) is 4.04. The summed E-state index contributed by atoms with van der Waals surface area (Å²) in [6, 6.07) is 1.68. The van der Waals surface area contributed by atoms with E-state index in [0.29, 0.717) is 142 Å². The summed E-state index contributed by atoms with van der Waals surface area (Å²) in [7, 11) is -1.35. The van der Waals surface area contributed by atoms with Gasteiger partial charge in [-0.3, -0.25) is 63.3 Å². The number of carbonyl (C=O) groups is 7. The van der Waals surface area contributed by atoms with E-state index in [2.05, 4.69) is 103 Å². The number of amides is 7. The molecule has 7 amide bonds. The normalized spacial score (nSPS) is 18.1. The number of carbonyl (C=O) groups excluding carboxylic acids is 7. The van der Waals surface area contributed by atoms with Crippen LogP contribution in [0.25, 0.3) is 22.6 Å². The predicted molar refractivity (Wildman–Crippen MR) is 492 cm³/mol. The molecule has 0 saturated carbocycles. The van der Waals surface area contributed by atoms with E-state index in [4.69, 9.17) is 22.9 Å². The molecule has 44 nitrogen and oxygen atoms in total. The van der Waals surface area contributed by atoms with Crippen molar-refractivity contribution in [2.75, 3.05) is 215 Å². The van der Waals surface area contributed by atoms with Gasteiger partial charge in [-0.25, -0.2) is 77.1 Å². The van der Waals surface area contributed by atoms with Gasteiger partial charge in [-0.05, 0) is 97.3 Å². The molecule has 8 aliphatic rings. The topological polar surface area (TPSA) is 514 Å². The minimum atomic E-state index is -3.36. The zero-order valence-corrected chi connectivity index (χ0v) is 75.7. The van der Waals surface area contributed by atoms with Gasteiger partial charge in [0, 0.05) is 117 Å². The fourth-order valence-corrected chi connectivity index (χ4v) is 20.5. The van der Waals surface area contributed by atoms with Crippen molar-refractivity contribution in [1.29, 1.82) is 0 Å². The molecule has 8 saturated heterocycles. The number of rotatable bonds is 18. The van der Waals surface area contributed by atoms with Crippen molar-refractivity contribution in [2.45, 2.75) is 75.6 Å². The molecule has 8 aliphatic heterocycles. The third-order valence-electron chi connectivity index (χ3n) is 25.5. The first-order chi connectivity index (χ1) is 66.4. The summed E-state index contributed by atoms with van der Waals surface area (Å²) in [5.74, 6) is -7.10. The number of anilines is 12. The molecule has 20 rings (SSSR count). The summed E-state index contributed by atoms with van der Waals surface area (Å²) in [6.45, 7) is 14.1. The Morgan fingerprint density at radius 3 is 1.27 bits per heavy atom. The van der Waals surface area contributed by atoms with Gasteiger partial charge in [-0.2, -0.15) is 4.31 Å². The Bertz CT molecular complexity index is 6760. The molecule has 12 aromatic rings. The van der Waals surface area contributed by atoms with E-state index in [0.717, 1.165) is 151 Å². The highest BCUT2D eigenvalue weighted by Gasteiger charge is 2.41. The van der Waals surface area contributed by atoms with E-state index in [1.54, 1.807) is 36.2 Å². The molecule has 52 heteroatoms. The van der Waals surface area contributed by atoms with E-state index < -0.39 is 74.4 Å². The molecule has 12 aromatic heterocycles. The second-order valence-corrected chi connectivity index (χ2v) is 36.3. The van der Waals surface area contributed by atoms with Crippen LogP contribution in [0.15, 0.2) is 105 Å². The molecule has 138 heavy (non-hydrogen) atoms. The standard InChI is InChI=1S/C23H27F2N9O2.C22H25F2N9O2.C22H28FN9O3S.C19H18F2N8O2/c1-2-31-5-3-4-17(31)23(36)33-8-6-32(7-9-33)19-15(25)11-27-12-16(19)29-22(35)18-20(26)30-34-13-14(24)10-28-21(18)34;23-14-9-27-21-18(20(25)29-33(21)12-14)22(35)28-16-11-26-10-15(24)19(16)32-7-5-31(6-8-32)17(34)13-30-3-1-2-4-30;1-29-6-3-16(4-7-29)36(34,35)31-10-8-30(9-11-31)18-2-5-25-13-17(18)27-22(33)19-20(24)28-32-14-15(23)12-26-21(19)32;20-10-5-24-18-15(17(22)26-29(18)8-10)19(31)25-13-7-23-6-12(21)16(13)27-3-4-28-11(9-27)1-2-14(28)30/h10-13,17H,2-9H2,1H3,(H2,26,30)(H,29,35);9-12H,1-8,13H2,(H2,25,29)(H,28,35);2,5,12-14,16H,3-4,6-11H2,1H3,(H2,24,28)(H,27,33);5-8,11H,1-4,9H2,(H2,22,26)(H,25,31)/t;;;11-/m...1/s1. The molecule has 726 valence electrons. The van der Waals surface area contributed by atoms with Crippen molar-refractivity contribution in [1.82, 2.24) is 112 Å². The van der Waals surface area contributed by atoms with Crippen LogP contribution < -0.4 is 63.8 Å². The number of likely N-dealkylation sites (tertiary alicyclic amines) is 3. The van der Waals surface area contributed by atoms with Gasteiger partial charge in [-0.1, -0.05) is 6.92 Å². The SMILES string of the molecule is CCN1CCCC1C(=O)N1CCN(c2c(F)cncc2NC(=O)c2c(N)nn3cc(F)cnc23)CC1.CN1CCC(S(=O)(=O)N2CCN(c3ccncc3NC(=O)c3c(N)nn4cc(F)cnc34)CC2)CC1.Nc1nn2cc(F)cnc2c1C(=O)Nc1cncc(F)c1N1CCN(C(=O)CN2CCCC2)CC1.Nc1nn2cc(F)cnc2c1C(=O)Nc1cncc(F)c1N1CCN2C(=O)CC[C@@H]2C1. The number of nitrogens with two attached hydrogens (primary N) is 4. The van der Waals surface area contributed by atoms with Crippen molar-refractivity contribution in [3.8, 4) is 0 Å². The van der Waals surface area contributed by atoms with E-state index >= 15 is 0 Å². The first-order valence-corrected chi connectivity index (χ1v) is 46.2. The van der Waals surface area contributed by atoms with E-state index in [1.807, 2.05) is 21.7 Å². The van der Waals surface area contributed by atoms with Gasteiger partial charge in [0.2, 0.25) is 27.7 Å². The lowest BCUT2D eigenvalue weighted by molar-refractivity contribution is -0.136. The lowest BCUT2D eigenvalue weighted by Gasteiger charge is -2.39. The van der Waals surface area contributed by atoms with Crippen LogP contribution in [-0.4, -0.2) is 330 Å². The summed E-state index contributed by atoms with van der Waals surface area (Å²) in [5, 5.41) is 26.1. The van der Waals surface area contributed by atoms with Gasteiger partial charge < -0.3 is 83.4 Å². The van der Waals surface area contributed by atoms with Gasteiger partial charge >= 0.3 is 0 Å². The highest BCUT2D eigenvalue weighted by Crippen LogP contribution is 2.38. The quantitative estimate of drug-likeness (QED) is 0.0562. The Hall–Kier alpha value is -14.9. The Labute approximate surface area is 782 Å². The van der Waals surface area contributed by atoms with Crippen LogP contribution in [0.5, 0.6) is 0 Å². The summed E-state index contributed by atoms with van der Waals surface area (Å²) in [6.07, 6.45) is 25.1. The first kappa shape index (κ1) is 94.8. The van der Waals surface area contributed by atoms with Gasteiger partial charge in [0.25, 0.3) is 23.6 Å². The van der Waals surface area contributed by atoms with Gasteiger partial charge in [0.1, 0.15) is 39.3 Å². The molecule has 0 aliphatic carbocycles. The molecule has 0 spiro atoms. The Morgan fingerprint density at radius 1 is 0.435 bits per heavy atom. The first-order valence-electron chi connectivity index (χ1n) is 44.7. The van der Waals surface area contributed by atoms with Crippen molar-refractivity contribution in [2.24, 2.45) is 0 Å². The minimum Gasteiger partial charge on any atom is -0.381 e. The van der Waals surface area contributed by atoms with Crippen molar-refractivity contribution in [3.63, 3.8) is 0 Å². The number of piperazine rings is 4. The molecular formula is C86H98F7N35O9S. The number of fused-ring (bicyclic) bond motifs is 5. The second kappa shape index (κ2) is 40.5. The van der Waals surface area contributed by atoms with Crippen LogP contribution in [0.2, 0.25) is 0 Å². The van der Waals surface area contributed by atoms with Crippen LogP contribution in [0, 0.1) is 40.7 Å². The number of nitrogens with one attached hydrogen (secondary N) is 4. The lowest BCUT2D eigenvalue weighted by atomic mass is 10.1. The second-order valence-electron chi connectivity index (χ2n) is 34.1. The lowest BCUT2D eigenvalue weighted by Crippen LogP contribution is -2.54. The van der Waals surface area contributed by atoms with Crippen LogP contribution in [0.1, 0.15) is 99.7 Å². The Balaban J connectivity index is 0.000000127. The Morgan fingerprint density at radius 2 is 0.833 bits per heavy atom. The summed E-state index contributed by atoms with van der Waals surface area (Å²) in [5.41, 5.74) is 25.9. The maximum Gasteiger partial charge on any atom is 0.263 e. The highest BCUT2D eigenvalue weighted by atomic mass is 32.2. The van der Waals surface area contributed by atoms with Gasteiger partial charge in [0.05, 0.1) is 139 Å². The van der Waals surface area contributed by atoms with E-state index in [1.165, 1.54) is 24.8 Å². The third-order valence-corrected chi connectivity index (χ3v) is 27.9. The average Bonchev–Trinajstić information content (AvgIpc) is 1.59. The van der Waals surface area contributed by atoms with Gasteiger partial charge in [0.15, 0.2) is 86.6 Å². The molecule has 1 unspecified atom stereocenters. The average molecular weight is 1930 g/mol. The third kappa shape index (κ3) is 20.0. The Kier molecular flexibility index (Phi) is 27.9. The number of piperidine rings is 1. The monoisotopic (exact) mass is 1930 g/mol. The molecular weight excluding hydrogens is 1830 g/mol. The number of nitrogens with zero attached hydrogens (tertiary/aromatic N) is 27. The van der Waals surface area contributed by atoms with Crippen molar-refractivity contribution < 1.29 is 72.7 Å². The molecule has 20 heterocycles. The zero-order chi connectivity index (χ0) is 97.1. The van der Waals surface area contributed by atoms with Crippen LogP contribution in [0.4, 0.5) is 99.5 Å². The fraction of sp³-hybridized carbons (Fsp3) is 0.407. The zero-order valence-electron chi connectivity index (χ0n) is 74.9. The summed E-state index contributed by atoms with van der Waals surface area (Å²) in [4.78, 5) is 141. The van der Waals surface area contributed by atoms with E-state index in [9.17, 15) is 72.7 Å². The molecule has 8 fully saturated rings. The highest BCUT2D eigenvalue weighted by molar-refractivity contribution is 7.89. The molecule has 2 atom stereocenters. The molecule has 0 radical (unpaired) electrons. The molecule has 0 bridgehead atoms. The van der Waals surface area contributed by atoms with E-state index in [-0.39, 0.29) is 137 Å². The number of sulfonamides is 1. The summed E-state index contributed by atoms with van der Waals surface area (Å²) >= 11 is 0. The number of likely N-dealkylation sites (N-methyl/N-ethyl adjacent to an activating group) is 1. The smallest absolute Gasteiger partial charge is 0.263 e. The van der Waals surface area contributed by atoms with Crippen molar-refractivity contribution in [3.05, 3.63) is 168 Å². The number of pyridine rings is 4. The number of halogens is 7. The number of hydrogen-bond donors (Lipinski definition) is 8. The minimum absolute atomic E-state index is 0.00623. The maximum atomic E-state index is 15.0. The van der Waals surface area contributed by atoms with Crippen LogP contribution >= 0.6 is 0 Å². The number of aromatic nitrogens is 16. The number of nitrogen functional groups attached to an aromatic ring is 4. The molecule has 12 N–H and O–H groups in total. The number of hydrogen-bond acceptors (Lipinski definition) is 32. The van der Waals surface area contributed by atoms with Crippen LogP contribution in [-0.2, 0) is 24.4 Å². The maximum absolute atomic E-state index is 15.0. The van der Waals surface area contributed by atoms with Crippen LogP contribution in [0.3, 0.4) is 0 Å². The fourth-order valence-electron chi connectivity index (χ4n) is 18.6. The summed E-state index contributed by atoms with van der Waals surface area (Å²) < 4.78 is 131. The van der Waals surface area contributed by atoms with Gasteiger partial charge in [-0.15, -0.1) is 20.4 Å².